The Balaban J connectivity index is 1.68. The highest BCUT2D eigenvalue weighted by Crippen LogP contribution is 2.26. The van der Waals surface area contributed by atoms with Crippen molar-refractivity contribution in [1.29, 1.82) is 0 Å². The van der Waals surface area contributed by atoms with Gasteiger partial charge in [-0.1, -0.05) is 23.7 Å². The van der Waals surface area contributed by atoms with Gasteiger partial charge in [0.1, 0.15) is 5.75 Å². The number of amides is 1. The van der Waals surface area contributed by atoms with Gasteiger partial charge in [-0.15, -0.1) is 0 Å². The molecular formula is C18H17ClN2O2. The summed E-state index contributed by atoms with van der Waals surface area (Å²) in [6.45, 7) is 2.33. The van der Waals surface area contributed by atoms with Gasteiger partial charge in [-0.2, -0.15) is 0 Å². The fourth-order valence-electron chi connectivity index (χ4n) is 2.64. The van der Waals surface area contributed by atoms with Gasteiger partial charge in [0.2, 0.25) is 0 Å². The molecule has 0 radical (unpaired) electrons. The maximum Gasteiger partial charge on any atom is 0.255 e. The van der Waals surface area contributed by atoms with E-state index in [1.165, 1.54) is 0 Å². The number of aromatic nitrogens is 1. The summed E-state index contributed by atoms with van der Waals surface area (Å²) in [5.74, 6) is -0.286. The molecule has 2 aromatic carbocycles. The smallest absolute Gasteiger partial charge is 0.255 e. The van der Waals surface area contributed by atoms with Gasteiger partial charge in [-0.25, -0.2) is 0 Å². The molecule has 0 spiro atoms. The van der Waals surface area contributed by atoms with E-state index in [0.29, 0.717) is 18.0 Å². The number of fused-ring (bicyclic) bond motifs is 1. The molecule has 1 amide bonds. The third-order valence-corrected chi connectivity index (χ3v) is 4.13. The van der Waals surface area contributed by atoms with Crippen LogP contribution in [-0.4, -0.2) is 22.5 Å². The number of carbonyl (C=O) groups excluding carboxylic acids is 1. The van der Waals surface area contributed by atoms with E-state index in [4.69, 9.17) is 11.6 Å². The molecule has 3 aromatic rings. The molecule has 0 aliphatic heterocycles. The second-order valence-corrected chi connectivity index (χ2v) is 5.91. The average Bonchev–Trinajstić information content (AvgIpc) is 2.92. The summed E-state index contributed by atoms with van der Waals surface area (Å²) < 4.78 is 0. The van der Waals surface area contributed by atoms with Crippen LogP contribution in [0.25, 0.3) is 10.9 Å². The predicted molar refractivity (Wildman–Crippen MR) is 92.2 cm³/mol. The number of carbonyl (C=O) groups is 1. The molecule has 0 saturated heterocycles. The van der Waals surface area contributed by atoms with Crippen LogP contribution in [-0.2, 0) is 6.42 Å². The molecule has 0 bridgehead atoms. The second kappa shape index (κ2) is 6.34. The zero-order valence-corrected chi connectivity index (χ0v) is 13.4. The normalized spacial score (nSPS) is 10.9. The summed E-state index contributed by atoms with van der Waals surface area (Å²) in [5.41, 5.74) is 3.23. The van der Waals surface area contributed by atoms with Crippen LogP contribution in [0.1, 0.15) is 21.5 Å². The van der Waals surface area contributed by atoms with Crippen LogP contribution in [0.5, 0.6) is 5.75 Å². The zero-order valence-electron chi connectivity index (χ0n) is 12.7. The molecule has 0 fully saturated rings. The van der Waals surface area contributed by atoms with Crippen LogP contribution < -0.4 is 5.32 Å². The third-order valence-electron chi connectivity index (χ3n) is 3.81. The number of aryl methyl sites for hydroxylation is 1. The highest BCUT2D eigenvalue weighted by Gasteiger charge is 2.11. The van der Waals surface area contributed by atoms with Gasteiger partial charge in [-0.3, -0.25) is 4.79 Å². The lowest BCUT2D eigenvalue weighted by atomic mass is 10.1. The van der Waals surface area contributed by atoms with Crippen molar-refractivity contribution in [2.75, 3.05) is 6.54 Å². The SMILES string of the molecule is Cc1ccc(C(=O)NCCc2c[nH]c3cccc(Cl)c23)c(O)c1. The van der Waals surface area contributed by atoms with Crippen molar-refractivity contribution in [2.45, 2.75) is 13.3 Å². The van der Waals surface area contributed by atoms with E-state index >= 15 is 0 Å². The lowest BCUT2D eigenvalue weighted by molar-refractivity contribution is 0.0951. The molecule has 3 rings (SSSR count). The number of aromatic amines is 1. The Morgan fingerprint density at radius 1 is 1.30 bits per heavy atom. The first kappa shape index (κ1) is 15.4. The number of phenols is 1. The quantitative estimate of drug-likeness (QED) is 0.682. The van der Waals surface area contributed by atoms with Crippen molar-refractivity contribution in [1.82, 2.24) is 10.3 Å². The Morgan fingerprint density at radius 3 is 2.91 bits per heavy atom. The number of halogens is 1. The first-order valence-electron chi connectivity index (χ1n) is 7.38. The van der Waals surface area contributed by atoms with Crippen molar-refractivity contribution < 1.29 is 9.90 Å². The van der Waals surface area contributed by atoms with Gasteiger partial charge in [-0.05, 0) is 48.7 Å². The van der Waals surface area contributed by atoms with Crippen LogP contribution in [0, 0.1) is 6.92 Å². The summed E-state index contributed by atoms with van der Waals surface area (Å²) in [6.07, 6.45) is 2.56. The summed E-state index contributed by atoms with van der Waals surface area (Å²) in [4.78, 5) is 15.3. The molecule has 0 atom stereocenters. The van der Waals surface area contributed by atoms with Crippen molar-refractivity contribution >= 4 is 28.4 Å². The molecule has 0 aliphatic carbocycles. The standard InChI is InChI=1S/C18H17ClN2O2/c1-11-5-6-13(16(22)9-11)18(23)20-8-7-12-10-21-15-4-2-3-14(19)17(12)15/h2-6,9-10,21-22H,7-8H2,1H3,(H,20,23). The fraction of sp³-hybridized carbons (Fsp3) is 0.167. The van der Waals surface area contributed by atoms with Crippen LogP contribution >= 0.6 is 11.6 Å². The van der Waals surface area contributed by atoms with Crippen LogP contribution in [0.3, 0.4) is 0 Å². The van der Waals surface area contributed by atoms with Crippen LogP contribution in [0.2, 0.25) is 5.02 Å². The highest BCUT2D eigenvalue weighted by atomic mass is 35.5. The minimum absolute atomic E-state index is 0.00219. The van der Waals surface area contributed by atoms with Gasteiger partial charge in [0.05, 0.1) is 10.6 Å². The maximum absolute atomic E-state index is 12.1. The number of nitrogens with one attached hydrogen (secondary N) is 2. The number of phenolic OH excluding ortho intramolecular Hbond substituents is 1. The second-order valence-electron chi connectivity index (χ2n) is 5.50. The summed E-state index contributed by atoms with van der Waals surface area (Å²) in [5, 5.41) is 14.3. The molecule has 23 heavy (non-hydrogen) atoms. The van der Waals surface area contributed by atoms with Crippen molar-refractivity contribution in [3.05, 3.63) is 64.3 Å². The van der Waals surface area contributed by atoms with Gasteiger partial charge in [0.15, 0.2) is 0 Å². The Kier molecular flexibility index (Phi) is 4.26. The van der Waals surface area contributed by atoms with Crippen LogP contribution in [0.4, 0.5) is 0 Å². The number of benzene rings is 2. The van der Waals surface area contributed by atoms with Gasteiger partial charge in [0.25, 0.3) is 5.91 Å². The Labute approximate surface area is 139 Å². The Morgan fingerprint density at radius 2 is 2.13 bits per heavy atom. The van der Waals surface area contributed by atoms with E-state index < -0.39 is 0 Å². The predicted octanol–water partition coefficient (Wildman–Crippen LogP) is 3.81. The van der Waals surface area contributed by atoms with E-state index in [0.717, 1.165) is 22.0 Å². The third kappa shape index (κ3) is 3.17. The molecule has 0 unspecified atom stereocenters. The number of hydrogen-bond donors (Lipinski definition) is 3. The number of hydrogen-bond acceptors (Lipinski definition) is 2. The summed E-state index contributed by atoms with van der Waals surface area (Å²) >= 11 is 6.24. The zero-order chi connectivity index (χ0) is 16.4. The Bertz CT molecular complexity index is 871. The molecule has 3 N–H and O–H groups in total. The van der Waals surface area contributed by atoms with Crippen molar-refractivity contribution in [3.63, 3.8) is 0 Å². The number of aromatic hydroxyl groups is 1. The largest absolute Gasteiger partial charge is 0.507 e. The first-order valence-corrected chi connectivity index (χ1v) is 7.76. The topological polar surface area (TPSA) is 65.1 Å². The number of H-pyrrole nitrogens is 1. The van der Waals surface area contributed by atoms with E-state index in [-0.39, 0.29) is 17.2 Å². The first-order chi connectivity index (χ1) is 11.1. The van der Waals surface area contributed by atoms with Crippen molar-refractivity contribution in [2.24, 2.45) is 0 Å². The summed E-state index contributed by atoms with van der Waals surface area (Å²) in [6, 6.07) is 10.7. The summed E-state index contributed by atoms with van der Waals surface area (Å²) in [7, 11) is 0. The molecule has 1 heterocycles. The molecule has 118 valence electrons. The van der Waals surface area contributed by atoms with Gasteiger partial charge < -0.3 is 15.4 Å². The molecule has 5 heteroatoms. The van der Waals surface area contributed by atoms with E-state index in [9.17, 15) is 9.90 Å². The number of rotatable bonds is 4. The minimum Gasteiger partial charge on any atom is -0.507 e. The lowest BCUT2D eigenvalue weighted by Crippen LogP contribution is -2.25. The Hall–Kier alpha value is -2.46. The molecule has 0 aliphatic rings. The molecule has 0 saturated carbocycles. The molecule has 1 aromatic heterocycles. The van der Waals surface area contributed by atoms with Gasteiger partial charge >= 0.3 is 0 Å². The van der Waals surface area contributed by atoms with Crippen molar-refractivity contribution in [3.8, 4) is 5.75 Å². The van der Waals surface area contributed by atoms with Gasteiger partial charge in [0, 0.05) is 23.6 Å². The molecule has 4 nitrogen and oxygen atoms in total. The monoisotopic (exact) mass is 328 g/mol. The molecular weight excluding hydrogens is 312 g/mol. The highest BCUT2D eigenvalue weighted by molar-refractivity contribution is 6.35. The minimum atomic E-state index is -0.284. The van der Waals surface area contributed by atoms with Crippen LogP contribution in [0.15, 0.2) is 42.6 Å². The maximum atomic E-state index is 12.1. The fourth-order valence-corrected chi connectivity index (χ4v) is 2.94. The van der Waals surface area contributed by atoms with E-state index in [1.807, 2.05) is 31.3 Å². The average molecular weight is 329 g/mol. The van der Waals surface area contributed by atoms with E-state index in [2.05, 4.69) is 10.3 Å². The lowest BCUT2D eigenvalue weighted by Gasteiger charge is -2.07. The van der Waals surface area contributed by atoms with E-state index in [1.54, 1.807) is 18.2 Å².